The molecule has 102 valence electrons. The van der Waals surface area contributed by atoms with E-state index in [1.807, 2.05) is 32.0 Å². The van der Waals surface area contributed by atoms with Crippen LogP contribution in [0.4, 0.5) is 10.5 Å². The van der Waals surface area contributed by atoms with Gasteiger partial charge in [0.2, 0.25) is 0 Å². The molecule has 0 fully saturated rings. The van der Waals surface area contributed by atoms with E-state index in [2.05, 4.69) is 22.2 Å². The van der Waals surface area contributed by atoms with Crippen LogP contribution in [0.1, 0.15) is 18.1 Å². The normalized spacial score (nSPS) is 10.9. The highest BCUT2D eigenvalue weighted by molar-refractivity contribution is 6.02. The Kier molecular flexibility index (Phi) is 5.60. The van der Waals surface area contributed by atoms with Crippen LogP contribution in [0.15, 0.2) is 35.8 Å². The molecule has 4 N–H and O–H groups in total. The number of anilines is 1. The van der Waals surface area contributed by atoms with E-state index in [4.69, 9.17) is 5.73 Å². The number of para-hydroxylation sites is 1. The molecule has 0 bridgehead atoms. The molecule has 0 radical (unpaired) electrons. The lowest BCUT2D eigenvalue weighted by Crippen LogP contribution is -2.40. The number of carbonyl (C=O) groups is 1. The number of hydrogen-bond donors (Lipinski definition) is 3. The first-order valence-corrected chi connectivity index (χ1v) is 6.15. The summed E-state index contributed by atoms with van der Waals surface area (Å²) in [4.78, 5) is 15.7. The number of nitrogens with two attached hydrogens (primary N) is 1. The zero-order valence-electron chi connectivity index (χ0n) is 11.4. The van der Waals surface area contributed by atoms with Crippen molar-refractivity contribution in [1.82, 2.24) is 5.32 Å². The van der Waals surface area contributed by atoms with Crippen LogP contribution in [0.25, 0.3) is 0 Å². The summed E-state index contributed by atoms with van der Waals surface area (Å²) in [5, 5.41) is 5.27. The summed E-state index contributed by atoms with van der Waals surface area (Å²) < 4.78 is 0. The number of aliphatic imine (C=N–C) groups is 1. The SMILES string of the molecule is C=CCN=C(N)NC(=O)Nc1c(C)cccc1CC. The molecule has 2 amide bonds. The van der Waals surface area contributed by atoms with Gasteiger partial charge in [-0.25, -0.2) is 9.79 Å². The standard InChI is InChI=1S/C14H20N4O/c1-4-9-16-13(15)18-14(19)17-12-10(3)7-6-8-11(12)5-2/h4,6-8H,1,5,9H2,2-3H3,(H4,15,16,17,18,19). The van der Waals surface area contributed by atoms with Gasteiger partial charge in [0.1, 0.15) is 0 Å². The molecule has 0 aliphatic heterocycles. The molecular weight excluding hydrogens is 240 g/mol. The average Bonchev–Trinajstić information content (AvgIpc) is 2.38. The molecule has 0 aliphatic carbocycles. The second kappa shape index (κ2) is 7.20. The van der Waals surface area contributed by atoms with E-state index in [1.165, 1.54) is 0 Å². The van der Waals surface area contributed by atoms with Gasteiger partial charge in [0.25, 0.3) is 0 Å². The summed E-state index contributed by atoms with van der Waals surface area (Å²) in [6.45, 7) is 7.88. The van der Waals surface area contributed by atoms with Gasteiger partial charge >= 0.3 is 6.03 Å². The lowest BCUT2D eigenvalue weighted by molar-refractivity contribution is 0.256. The Labute approximate surface area is 113 Å². The Morgan fingerprint density at radius 3 is 2.89 bits per heavy atom. The highest BCUT2D eigenvalue weighted by atomic mass is 16.2. The van der Waals surface area contributed by atoms with Gasteiger partial charge in [-0.15, -0.1) is 6.58 Å². The number of guanidine groups is 1. The van der Waals surface area contributed by atoms with Gasteiger partial charge in [-0.2, -0.15) is 0 Å². The number of urea groups is 1. The second-order valence-corrected chi connectivity index (χ2v) is 4.06. The van der Waals surface area contributed by atoms with Crippen molar-refractivity contribution in [3.63, 3.8) is 0 Å². The number of aryl methyl sites for hydroxylation is 2. The maximum absolute atomic E-state index is 11.8. The Bertz CT molecular complexity index is 494. The molecule has 0 unspecified atom stereocenters. The molecule has 5 heteroatoms. The predicted octanol–water partition coefficient (Wildman–Crippen LogP) is 2.18. The number of amides is 2. The first-order valence-electron chi connectivity index (χ1n) is 6.15. The topological polar surface area (TPSA) is 79.5 Å². The van der Waals surface area contributed by atoms with Gasteiger partial charge in [0.15, 0.2) is 5.96 Å². The molecule has 0 aromatic heterocycles. The van der Waals surface area contributed by atoms with Gasteiger partial charge in [-0.05, 0) is 24.5 Å². The summed E-state index contributed by atoms with van der Waals surface area (Å²) in [5.74, 6) is 0.0732. The van der Waals surface area contributed by atoms with Crippen molar-refractivity contribution in [2.45, 2.75) is 20.3 Å². The fraction of sp³-hybridized carbons (Fsp3) is 0.286. The van der Waals surface area contributed by atoms with Gasteiger partial charge in [-0.3, -0.25) is 5.32 Å². The molecule has 5 nitrogen and oxygen atoms in total. The van der Waals surface area contributed by atoms with Gasteiger partial charge < -0.3 is 11.1 Å². The largest absolute Gasteiger partial charge is 0.370 e. The molecule has 19 heavy (non-hydrogen) atoms. The van der Waals surface area contributed by atoms with Crippen LogP contribution in [-0.2, 0) is 6.42 Å². The average molecular weight is 260 g/mol. The number of nitrogens with one attached hydrogen (secondary N) is 2. The molecule has 0 saturated carbocycles. The quantitative estimate of drug-likeness (QED) is 0.440. The van der Waals surface area contributed by atoms with E-state index in [9.17, 15) is 4.79 Å². The van der Waals surface area contributed by atoms with E-state index in [1.54, 1.807) is 6.08 Å². The molecule has 0 atom stereocenters. The second-order valence-electron chi connectivity index (χ2n) is 4.06. The van der Waals surface area contributed by atoms with Crippen LogP contribution in [0.2, 0.25) is 0 Å². The van der Waals surface area contributed by atoms with E-state index < -0.39 is 6.03 Å². The number of hydrogen-bond acceptors (Lipinski definition) is 2. The van der Waals surface area contributed by atoms with Crippen molar-refractivity contribution in [1.29, 1.82) is 0 Å². The molecule has 0 aliphatic rings. The van der Waals surface area contributed by atoms with Crippen LogP contribution < -0.4 is 16.4 Å². The maximum Gasteiger partial charge on any atom is 0.326 e. The Morgan fingerprint density at radius 1 is 1.53 bits per heavy atom. The predicted molar refractivity (Wildman–Crippen MR) is 79.4 cm³/mol. The van der Waals surface area contributed by atoms with Crippen molar-refractivity contribution in [3.8, 4) is 0 Å². The van der Waals surface area contributed by atoms with Crippen LogP contribution in [0.3, 0.4) is 0 Å². The number of nitrogens with zero attached hydrogens (tertiary/aromatic N) is 1. The zero-order chi connectivity index (χ0) is 14.3. The third-order valence-corrected chi connectivity index (χ3v) is 2.61. The minimum Gasteiger partial charge on any atom is -0.370 e. The summed E-state index contributed by atoms with van der Waals surface area (Å²) >= 11 is 0. The van der Waals surface area contributed by atoms with E-state index in [0.717, 1.165) is 23.2 Å². The van der Waals surface area contributed by atoms with E-state index in [0.29, 0.717) is 6.54 Å². The van der Waals surface area contributed by atoms with Crippen LogP contribution in [0.5, 0.6) is 0 Å². The molecule has 1 aromatic carbocycles. The van der Waals surface area contributed by atoms with E-state index in [-0.39, 0.29) is 5.96 Å². The zero-order valence-corrected chi connectivity index (χ0v) is 11.4. The van der Waals surface area contributed by atoms with Crippen molar-refractivity contribution in [2.75, 3.05) is 11.9 Å². The summed E-state index contributed by atoms with van der Waals surface area (Å²) in [6.07, 6.45) is 2.44. The summed E-state index contributed by atoms with van der Waals surface area (Å²) in [5.41, 5.74) is 8.46. The Morgan fingerprint density at radius 2 is 2.26 bits per heavy atom. The van der Waals surface area contributed by atoms with Gasteiger partial charge in [-0.1, -0.05) is 31.2 Å². The lowest BCUT2D eigenvalue weighted by atomic mass is 10.1. The first-order chi connectivity index (χ1) is 9.08. The third-order valence-electron chi connectivity index (χ3n) is 2.61. The molecular formula is C14H20N4O. The highest BCUT2D eigenvalue weighted by Crippen LogP contribution is 2.20. The van der Waals surface area contributed by atoms with Crippen molar-refractivity contribution < 1.29 is 4.79 Å². The van der Waals surface area contributed by atoms with Crippen molar-refractivity contribution in [2.24, 2.45) is 10.7 Å². The number of benzene rings is 1. The van der Waals surface area contributed by atoms with Crippen molar-refractivity contribution in [3.05, 3.63) is 42.0 Å². The number of carbonyl (C=O) groups excluding carboxylic acids is 1. The molecule has 0 spiro atoms. The summed E-state index contributed by atoms with van der Waals surface area (Å²) in [7, 11) is 0. The molecule has 1 aromatic rings. The Balaban J connectivity index is 2.75. The number of rotatable bonds is 4. The molecule has 1 rings (SSSR count). The Hall–Kier alpha value is -2.30. The molecule has 0 heterocycles. The van der Waals surface area contributed by atoms with Crippen LogP contribution in [0, 0.1) is 6.92 Å². The van der Waals surface area contributed by atoms with Gasteiger partial charge in [0, 0.05) is 5.69 Å². The fourth-order valence-corrected chi connectivity index (χ4v) is 1.67. The van der Waals surface area contributed by atoms with E-state index >= 15 is 0 Å². The molecule has 0 saturated heterocycles. The fourth-order valence-electron chi connectivity index (χ4n) is 1.67. The monoisotopic (exact) mass is 260 g/mol. The van der Waals surface area contributed by atoms with Gasteiger partial charge in [0.05, 0.1) is 6.54 Å². The third kappa shape index (κ3) is 4.46. The minimum absolute atomic E-state index is 0.0732. The maximum atomic E-state index is 11.8. The van der Waals surface area contributed by atoms with Crippen molar-refractivity contribution >= 4 is 17.7 Å². The van der Waals surface area contributed by atoms with Crippen LogP contribution >= 0.6 is 0 Å². The lowest BCUT2D eigenvalue weighted by Gasteiger charge is -2.13. The highest BCUT2D eigenvalue weighted by Gasteiger charge is 2.08. The first kappa shape index (κ1) is 14.8. The van der Waals surface area contributed by atoms with Crippen LogP contribution in [-0.4, -0.2) is 18.5 Å². The minimum atomic E-state index is -0.394. The smallest absolute Gasteiger partial charge is 0.326 e. The summed E-state index contributed by atoms with van der Waals surface area (Å²) in [6, 6.07) is 5.51.